The zero-order chi connectivity index (χ0) is 22.6. The normalized spacial score (nSPS) is 21.4. The molecule has 0 aromatic heterocycles. The number of amides is 1. The molecule has 3 rings (SSSR count). The van der Waals surface area contributed by atoms with Crippen LogP contribution in [-0.4, -0.2) is 29.2 Å². The molecular formula is C25H35NO5. The number of hydrogen-bond acceptors (Lipinski definition) is 5. The van der Waals surface area contributed by atoms with E-state index in [4.69, 9.17) is 15.2 Å². The third kappa shape index (κ3) is 5.48. The highest BCUT2D eigenvalue weighted by Crippen LogP contribution is 2.53. The molecule has 0 spiro atoms. The first-order chi connectivity index (χ1) is 14.7. The van der Waals surface area contributed by atoms with Crippen molar-refractivity contribution < 1.29 is 24.2 Å². The molecule has 0 bridgehead atoms. The molecule has 170 valence electrons. The topological polar surface area (TPSA) is 98.9 Å². The van der Waals surface area contributed by atoms with E-state index in [1.54, 1.807) is 0 Å². The lowest BCUT2D eigenvalue weighted by atomic mass is 9.67. The average molecular weight is 430 g/mol. The Morgan fingerprint density at radius 1 is 1.26 bits per heavy atom. The molecule has 2 atom stereocenters. The Balaban J connectivity index is 2.02. The zero-order valence-electron chi connectivity index (χ0n) is 18.9. The SMILES string of the molecule is CCCCCc1cc(OC(=O)CCC(N)=O)c2c(c1)OC(C)(C)[C@@H]1CCC(CO)=C[C@@H]21. The van der Waals surface area contributed by atoms with Gasteiger partial charge in [0.25, 0.3) is 0 Å². The van der Waals surface area contributed by atoms with Crippen LogP contribution in [0, 0.1) is 5.92 Å². The summed E-state index contributed by atoms with van der Waals surface area (Å²) in [4.78, 5) is 23.5. The average Bonchev–Trinajstić information content (AvgIpc) is 2.71. The summed E-state index contributed by atoms with van der Waals surface area (Å²) < 4.78 is 12.2. The number of rotatable bonds is 9. The number of esters is 1. The van der Waals surface area contributed by atoms with Crippen LogP contribution in [0.1, 0.15) is 82.8 Å². The van der Waals surface area contributed by atoms with Crippen LogP contribution in [0.3, 0.4) is 0 Å². The Labute approximate surface area is 184 Å². The monoisotopic (exact) mass is 429 g/mol. The van der Waals surface area contributed by atoms with Gasteiger partial charge < -0.3 is 20.3 Å². The first kappa shape index (κ1) is 23.3. The molecule has 1 aromatic rings. The number of hydrogen-bond donors (Lipinski definition) is 2. The van der Waals surface area contributed by atoms with Gasteiger partial charge in [-0.05, 0) is 62.8 Å². The number of aryl methyl sites for hydroxylation is 1. The molecule has 0 fully saturated rings. The molecule has 1 aliphatic carbocycles. The summed E-state index contributed by atoms with van der Waals surface area (Å²) in [6, 6.07) is 4.02. The molecule has 0 unspecified atom stereocenters. The summed E-state index contributed by atoms with van der Waals surface area (Å²) >= 11 is 0. The van der Waals surface area contributed by atoms with Crippen LogP contribution in [-0.2, 0) is 16.0 Å². The Hall–Kier alpha value is -2.34. The number of benzene rings is 1. The van der Waals surface area contributed by atoms with Crippen molar-refractivity contribution in [1.29, 1.82) is 0 Å². The van der Waals surface area contributed by atoms with E-state index in [-0.39, 0.29) is 36.9 Å². The molecule has 6 nitrogen and oxygen atoms in total. The summed E-state index contributed by atoms with van der Waals surface area (Å²) in [5, 5.41) is 9.73. The Kier molecular flexibility index (Phi) is 7.42. The zero-order valence-corrected chi connectivity index (χ0v) is 18.9. The summed E-state index contributed by atoms with van der Waals surface area (Å²) in [5.41, 5.74) is 7.75. The highest BCUT2D eigenvalue weighted by molar-refractivity contribution is 5.81. The molecular weight excluding hydrogens is 394 g/mol. The van der Waals surface area contributed by atoms with Gasteiger partial charge in [0.2, 0.25) is 5.91 Å². The van der Waals surface area contributed by atoms with Gasteiger partial charge >= 0.3 is 5.97 Å². The van der Waals surface area contributed by atoms with E-state index in [2.05, 4.69) is 32.9 Å². The van der Waals surface area contributed by atoms with E-state index in [9.17, 15) is 14.7 Å². The lowest BCUT2D eigenvalue weighted by Crippen LogP contribution is -2.45. The van der Waals surface area contributed by atoms with Crippen LogP contribution in [0.15, 0.2) is 23.8 Å². The van der Waals surface area contributed by atoms with Crippen LogP contribution in [0.5, 0.6) is 11.5 Å². The largest absolute Gasteiger partial charge is 0.487 e. The molecule has 1 aliphatic heterocycles. The van der Waals surface area contributed by atoms with Crippen LogP contribution in [0.4, 0.5) is 0 Å². The van der Waals surface area contributed by atoms with Crippen LogP contribution in [0.25, 0.3) is 0 Å². The number of primary amides is 1. The third-order valence-corrected chi connectivity index (χ3v) is 6.46. The maximum absolute atomic E-state index is 12.5. The smallest absolute Gasteiger partial charge is 0.311 e. The Morgan fingerprint density at radius 3 is 2.71 bits per heavy atom. The van der Waals surface area contributed by atoms with Crippen molar-refractivity contribution >= 4 is 11.9 Å². The molecule has 1 aromatic carbocycles. The van der Waals surface area contributed by atoms with E-state index >= 15 is 0 Å². The number of unbranched alkanes of at least 4 members (excludes halogenated alkanes) is 2. The van der Waals surface area contributed by atoms with Gasteiger partial charge in [0, 0.05) is 23.8 Å². The minimum atomic E-state index is -0.528. The molecule has 2 aliphatic rings. The Bertz CT molecular complexity index is 858. The predicted molar refractivity (Wildman–Crippen MR) is 119 cm³/mol. The summed E-state index contributed by atoms with van der Waals surface area (Å²) in [7, 11) is 0. The summed E-state index contributed by atoms with van der Waals surface area (Å²) in [6.45, 7) is 6.41. The van der Waals surface area contributed by atoms with Crippen molar-refractivity contribution in [2.75, 3.05) is 6.61 Å². The number of aliphatic hydroxyl groups excluding tert-OH is 1. The molecule has 6 heteroatoms. The van der Waals surface area contributed by atoms with E-state index < -0.39 is 11.9 Å². The maximum Gasteiger partial charge on any atom is 0.311 e. The van der Waals surface area contributed by atoms with Crippen molar-refractivity contribution in [1.82, 2.24) is 0 Å². The van der Waals surface area contributed by atoms with Crippen LogP contribution < -0.4 is 15.2 Å². The van der Waals surface area contributed by atoms with Crippen molar-refractivity contribution in [3.8, 4) is 11.5 Å². The highest BCUT2D eigenvalue weighted by Gasteiger charge is 2.45. The van der Waals surface area contributed by atoms with Crippen molar-refractivity contribution in [2.45, 2.75) is 83.7 Å². The molecule has 0 radical (unpaired) electrons. The van der Waals surface area contributed by atoms with Crippen molar-refractivity contribution in [2.24, 2.45) is 11.7 Å². The fourth-order valence-corrected chi connectivity index (χ4v) is 4.80. The van der Waals surface area contributed by atoms with Crippen molar-refractivity contribution in [3.05, 3.63) is 34.9 Å². The van der Waals surface area contributed by atoms with Gasteiger partial charge in [-0.2, -0.15) is 0 Å². The first-order valence-corrected chi connectivity index (χ1v) is 11.4. The van der Waals surface area contributed by atoms with E-state index in [0.29, 0.717) is 5.75 Å². The van der Waals surface area contributed by atoms with E-state index in [1.165, 1.54) is 0 Å². The maximum atomic E-state index is 12.5. The predicted octanol–water partition coefficient (Wildman–Crippen LogP) is 4.17. The number of nitrogens with two attached hydrogens (primary N) is 1. The molecule has 0 saturated carbocycles. The number of aliphatic hydroxyl groups is 1. The summed E-state index contributed by atoms with van der Waals surface area (Å²) in [5.74, 6) is 0.450. The molecule has 3 N–H and O–H groups in total. The standard InChI is InChI=1S/C25H35NO5/c1-4-5-6-7-16-13-20(30-23(29)11-10-22(26)28)24-18-12-17(15-27)8-9-19(18)25(2,3)31-21(24)14-16/h12-14,18-19,27H,4-11,15H2,1-3H3,(H2,26,28)/t18-,19-/m1/s1. The third-order valence-electron chi connectivity index (χ3n) is 6.46. The van der Waals surface area contributed by atoms with Gasteiger partial charge in [-0.1, -0.05) is 25.8 Å². The fourth-order valence-electron chi connectivity index (χ4n) is 4.80. The second-order valence-corrected chi connectivity index (χ2v) is 9.26. The van der Waals surface area contributed by atoms with Gasteiger partial charge in [-0.25, -0.2) is 0 Å². The molecule has 0 saturated heterocycles. The second-order valence-electron chi connectivity index (χ2n) is 9.26. The number of ether oxygens (including phenoxy) is 2. The number of carbonyl (C=O) groups excluding carboxylic acids is 2. The second kappa shape index (κ2) is 9.86. The van der Waals surface area contributed by atoms with Gasteiger partial charge in [0.1, 0.15) is 17.1 Å². The highest BCUT2D eigenvalue weighted by atomic mass is 16.5. The molecule has 1 heterocycles. The Morgan fingerprint density at radius 2 is 2.03 bits per heavy atom. The number of carbonyl (C=O) groups is 2. The lowest BCUT2D eigenvalue weighted by Gasteiger charge is -2.46. The van der Waals surface area contributed by atoms with Gasteiger partial charge in [0.05, 0.1) is 13.0 Å². The molecule has 1 amide bonds. The van der Waals surface area contributed by atoms with Gasteiger partial charge in [0.15, 0.2) is 0 Å². The first-order valence-electron chi connectivity index (χ1n) is 11.4. The fraction of sp³-hybridized carbons (Fsp3) is 0.600. The quantitative estimate of drug-likeness (QED) is 0.266. The van der Waals surface area contributed by atoms with E-state index in [1.807, 2.05) is 6.07 Å². The van der Waals surface area contributed by atoms with E-state index in [0.717, 1.165) is 61.0 Å². The minimum absolute atomic E-state index is 0.00159. The van der Waals surface area contributed by atoms with Crippen molar-refractivity contribution in [3.63, 3.8) is 0 Å². The summed E-state index contributed by atoms with van der Waals surface area (Å²) in [6.07, 6.45) is 7.95. The van der Waals surface area contributed by atoms with Gasteiger partial charge in [-0.3, -0.25) is 9.59 Å². The minimum Gasteiger partial charge on any atom is -0.487 e. The number of allylic oxidation sites excluding steroid dienone is 1. The number of fused-ring (bicyclic) bond motifs is 3. The lowest BCUT2D eigenvalue weighted by molar-refractivity contribution is -0.136. The van der Waals surface area contributed by atoms with Crippen LogP contribution >= 0.6 is 0 Å². The van der Waals surface area contributed by atoms with Crippen LogP contribution in [0.2, 0.25) is 0 Å². The molecule has 31 heavy (non-hydrogen) atoms. The van der Waals surface area contributed by atoms with Gasteiger partial charge in [-0.15, -0.1) is 0 Å².